The molecule has 2 unspecified atom stereocenters. The van der Waals surface area contributed by atoms with Crippen LogP contribution < -0.4 is 0 Å². The Labute approximate surface area is 168 Å². The summed E-state index contributed by atoms with van der Waals surface area (Å²) in [6.45, 7) is 0.219. The van der Waals surface area contributed by atoms with Gasteiger partial charge in [-0.05, 0) is 18.6 Å². The van der Waals surface area contributed by atoms with E-state index in [0.29, 0.717) is 11.1 Å². The predicted octanol–water partition coefficient (Wildman–Crippen LogP) is 3.69. The van der Waals surface area contributed by atoms with Crippen LogP contribution in [-0.4, -0.2) is 11.9 Å². The molecule has 142 valence electrons. The number of allylic oxidation sites excluding steroid dienone is 2. The van der Waals surface area contributed by atoms with Crippen molar-refractivity contribution in [2.24, 2.45) is 11.8 Å². The second kappa shape index (κ2) is 7.10. The highest BCUT2D eigenvalue weighted by Gasteiger charge is 2.43. The zero-order chi connectivity index (χ0) is 19.8. The Bertz CT molecular complexity index is 1060. The fraction of sp³-hybridized carbons (Fsp3) is 0.200. The smallest absolute Gasteiger partial charge is 0.335 e. The lowest BCUT2D eigenvalue weighted by atomic mass is 9.97. The molecule has 2 aliphatic carbocycles. The van der Waals surface area contributed by atoms with E-state index >= 15 is 0 Å². The molecule has 1 aliphatic heterocycles. The van der Waals surface area contributed by atoms with Crippen molar-refractivity contribution in [3.8, 4) is 11.8 Å². The summed E-state index contributed by atoms with van der Waals surface area (Å²) in [5.74, 6) is 5.28. The molecule has 0 N–H and O–H groups in total. The van der Waals surface area contributed by atoms with Gasteiger partial charge in [-0.1, -0.05) is 60.4 Å². The average molecular weight is 382 g/mol. The fourth-order valence-electron chi connectivity index (χ4n) is 4.16. The van der Waals surface area contributed by atoms with E-state index in [4.69, 9.17) is 9.47 Å². The van der Waals surface area contributed by atoms with Crippen LogP contribution in [0, 0.1) is 23.7 Å². The summed E-state index contributed by atoms with van der Waals surface area (Å²) < 4.78 is 11.2. The van der Waals surface area contributed by atoms with Crippen molar-refractivity contribution in [2.75, 3.05) is 0 Å². The summed E-state index contributed by atoms with van der Waals surface area (Å²) >= 11 is 0. The molecule has 5 rings (SSSR count). The maximum absolute atomic E-state index is 12.9. The molecule has 0 fully saturated rings. The van der Waals surface area contributed by atoms with Gasteiger partial charge in [-0.25, -0.2) is 9.59 Å². The highest BCUT2D eigenvalue weighted by atomic mass is 16.5. The van der Waals surface area contributed by atoms with Crippen molar-refractivity contribution in [3.63, 3.8) is 0 Å². The molecule has 29 heavy (non-hydrogen) atoms. The quantitative estimate of drug-likeness (QED) is 0.396. The minimum absolute atomic E-state index is 0.0784. The van der Waals surface area contributed by atoms with Gasteiger partial charge in [-0.15, -0.1) is 0 Å². The number of hydrogen-bond acceptors (Lipinski definition) is 4. The van der Waals surface area contributed by atoms with Crippen molar-refractivity contribution in [2.45, 2.75) is 19.6 Å². The molecule has 0 amide bonds. The van der Waals surface area contributed by atoms with E-state index in [1.807, 2.05) is 60.7 Å². The number of carbonyl (C=O) groups excluding carboxylic acids is 2. The minimum atomic E-state index is -0.450. The van der Waals surface area contributed by atoms with E-state index in [1.165, 1.54) is 0 Å². The second-order valence-corrected chi connectivity index (χ2v) is 7.38. The van der Waals surface area contributed by atoms with Crippen LogP contribution in [0.5, 0.6) is 0 Å². The van der Waals surface area contributed by atoms with E-state index in [-0.39, 0.29) is 25.0 Å². The highest BCUT2D eigenvalue weighted by molar-refractivity contribution is 6.03. The Morgan fingerprint density at radius 2 is 1.14 bits per heavy atom. The molecule has 2 bridgehead atoms. The Morgan fingerprint density at radius 1 is 0.690 bits per heavy atom. The van der Waals surface area contributed by atoms with E-state index in [2.05, 4.69) is 11.8 Å². The van der Waals surface area contributed by atoms with Crippen LogP contribution in [0.15, 0.2) is 71.8 Å². The summed E-state index contributed by atoms with van der Waals surface area (Å²) in [6, 6.07) is 15.2. The van der Waals surface area contributed by atoms with Crippen LogP contribution in [0.2, 0.25) is 0 Å². The van der Waals surface area contributed by atoms with Crippen molar-refractivity contribution in [1.82, 2.24) is 0 Å². The largest absolute Gasteiger partial charge is 0.457 e. The predicted molar refractivity (Wildman–Crippen MR) is 106 cm³/mol. The monoisotopic (exact) mass is 382 g/mol. The van der Waals surface area contributed by atoms with E-state index in [0.717, 1.165) is 28.7 Å². The van der Waals surface area contributed by atoms with E-state index in [9.17, 15) is 9.59 Å². The summed E-state index contributed by atoms with van der Waals surface area (Å²) in [5, 5.41) is 0. The molecule has 0 spiro atoms. The van der Waals surface area contributed by atoms with Gasteiger partial charge in [0.2, 0.25) is 0 Å². The molecule has 1 heterocycles. The SMILES string of the molecule is O=C1OCc2ccccc2C#Cc2ccccc2COC(=O)C2=C1C1C=CC2C1. The molecule has 3 aliphatic rings. The van der Waals surface area contributed by atoms with Crippen LogP contribution in [0.1, 0.15) is 28.7 Å². The van der Waals surface area contributed by atoms with Crippen LogP contribution in [-0.2, 0) is 32.3 Å². The van der Waals surface area contributed by atoms with Crippen LogP contribution >= 0.6 is 0 Å². The normalized spacial score (nSPS) is 22.5. The molecule has 4 nitrogen and oxygen atoms in total. The topological polar surface area (TPSA) is 52.6 Å². The maximum atomic E-state index is 12.9. The molecule has 4 heteroatoms. The third-order valence-electron chi connectivity index (χ3n) is 5.64. The summed E-state index contributed by atoms with van der Waals surface area (Å²) in [5.41, 5.74) is 4.18. The highest BCUT2D eigenvalue weighted by Crippen LogP contribution is 2.45. The first kappa shape index (κ1) is 17.5. The number of benzene rings is 2. The molecule has 0 radical (unpaired) electrons. The average Bonchev–Trinajstić information content (AvgIpc) is 3.37. The lowest BCUT2D eigenvalue weighted by Gasteiger charge is -2.16. The number of cyclic esters (lactones) is 2. The van der Waals surface area contributed by atoms with Gasteiger partial charge in [0, 0.05) is 34.1 Å². The fourth-order valence-corrected chi connectivity index (χ4v) is 4.16. The van der Waals surface area contributed by atoms with Crippen molar-refractivity contribution in [3.05, 3.63) is 94.1 Å². The third-order valence-corrected chi connectivity index (χ3v) is 5.64. The first-order valence-electron chi connectivity index (χ1n) is 9.65. The standard InChI is InChI=1S/C25H18O4/c26-24-22-18-11-12-19(13-18)23(22)25(27)29-15-21-8-4-2-6-17(21)10-9-16-5-1-3-7-20(16)14-28-24/h1-8,11-12,18-19H,13-15H2. The zero-order valence-corrected chi connectivity index (χ0v) is 15.7. The van der Waals surface area contributed by atoms with Gasteiger partial charge in [-0.3, -0.25) is 0 Å². The minimum Gasteiger partial charge on any atom is -0.457 e. The number of ether oxygens (including phenoxy) is 2. The van der Waals surface area contributed by atoms with Gasteiger partial charge in [0.1, 0.15) is 13.2 Å². The summed E-state index contributed by atoms with van der Waals surface area (Å²) in [7, 11) is 0. The molecule has 0 saturated heterocycles. The van der Waals surface area contributed by atoms with Gasteiger partial charge < -0.3 is 9.47 Å². The first-order chi connectivity index (χ1) is 14.2. The van der Waals surface area contributed by atoms with Crippen molar-refractivity contribution < 1.29 is 19.1 Å². The number of carbonyl (C=O) groups is 2. The van der Waals surface area contributed by atoms with Crippen LogP contribution in [0.4, 0.5) is 0 Å². The number of esters is 2. The lowest BCUT2D eigenvalue weighted by molar-refractivity contribution is -0.143. The molecule has 2 aromatic carbocycles. The molecule has 2 atom stereocenters. The molecular weight excluding hydrogens is 364 g/mol. The maximum Gasteiger partial charge on any atom is 0.335 e. The van der Waals surface area contributed by atoms with Gasteiger partial charge >= 0.3 is 11.9 Å². The van der Waals surface area contributed by atoms with Gasteiger partial charge in [0.05, 0.1) is 11.1 Å². The lowest BCUT2D eigenvalue weighted by Crippen LogP contribution is -2.20. The number of rotatable bonds is 0. The first-order valence-corrected chi connectivity index (χ1v) is 9.65. The number of fused-ring (bicyclic) bond motifs is 6. The Kier molecular flexibility index (Phi) is 4.29. The van der Waals surface area contributed by atoms with Crippen LogP contribution in [0.3, 0.4) is 0 Å². The molecular formula is C25H18O4. The van der Waals surface area contributed by atoms with E-state index in [1.54, 1.807) is 0 Å². The Hall–Kier alpha value is -3.58. The second-order valence-electron chi connectivity index (χ2n) is 7.38. The van der Waals surface area contributed by atoms with E-state index < -0.39 is 11.9 Å². The van der Waals surface area contributed by atoms with Crippen molar-refractivity contribution >= 4 is 11.9 Å². The Balaban J connectivity index is 1.59. The summed E-state index contributed by atoms with van der Waals surface area (Å²) in [4.78, 5) is 25.7. The number of hydrogen-bond donors (Lipinski definition) is 0. The molecule has 2 aromatic rings. The molecule has 0 aromatic heterocycles. The van der Waals surface area contributed by atoms with Crippen molar-refractivity contribution in [1.29, 1.82) is 0 Å². The summed E-state index contributed by atoms with van der Waals surface area (Å²) in [6.07, 6.45) is 4.69. The zero-order valence-electron chi connectivity index (χ0n) is 15.7. The Morgan fingerprint density at radius 3 is 1.62 bits per heavy atom. The third kappa shape index (κ3) is 3.15. The van der Waals surface area contributed by atoms with Crippen LogP contribution in [0.25, 0.3) is 0 Å². The van der Waals surface area contributed by atoms with Gasteiger partial charge in [-0.2, -0.15) is 0 Å². The molecule has 0 saturated carbocycles. The van der Waals surface area contributed by atoms with Gasteiger partial charge in [0.25, 0.3) is 0 Å². The van der Waals surface area contributed by atoms with Gasteiger partial charge in [0.15, 0.2) is 0 Å².